The fourth-order valence-electron chi connectivity index (χ4n) is 1.63. The Labute approximate surface area is 87.3 Å². The van der Waals surface area contributed by atoms with Crippen molar-refractivity contribution in [1.29, 1.82) is 0 Å². The van der Waals surface area contributed by atoms with E-state index >= 15 is 0 Å². The van der Waals surface area contributed by atoms with Crippen LogP contribution in [0.25, 0.3) is 0 Å². The Hall–Kier alpha value is -0.980. The number of nitrogen functional groups attached to an aromatic ring is 1. The van der Waals surface area contributed by atoms with Gasteiger partial charge in [-0.15, -0.1) is 0 Å². The van der Waals surface area contributed by atoms with E-state index in [-0.39, 0.29) is 0 Å². The molecule has 1 heteroatoms. The molecule has 1 rings (SSSR count). The third-order valence-electron chi connectivity index (χ3n) is 3.32. The van der Waals surface area contributed by atoms with Gasteiger partial charge in [-0.05, 0) is 29.5 Å². The monoisotopic (exact) mass is 191 g/mol. The van der Waals surface area contributed by atoms with Crippen molar-refractivity contribution in [2.24, 2.45) is 5.41 Å². The predicted octanol–water partition coefficient (Wildman–Crippen LogP) is 3.64. The summed E-state index contributed by atoms with van der Waals surface area (Å²) in [6, 6.07) is 8.25. The van der Waals surface area contributed by atoms with Gasteiger partial charge in [0.25, 0.3) is 0 Å². The summed E-state index contributed by atoms with van der Waals surface area (Å²) in [4.78, 5) is 0. The van der Waals surface area contributed by atoms with Crippen molar-refractivity contribution in [3.05, 3.63) is 29.8 Å². The molecule has 0 aliphatic heterocycles. The molecule has 14 heavy (non-hydrogen) atoms. The van der Waals surface area contributed by atoms with Crippen LogP contribution in [-0.2, 0) is 6.42 Å². The van der Waals surface area contributed by atoms with Crippen molar-refractivity contribution in [3.8, 4) is 0 Å². The van der Waals surface area contributed by atoms with Crippen LogP contribution < -0.4 is 5.73 Å². The van der Waals surface area contributed by atoms with E-state index in [1.165, 1.54) is 18.4 Å². The van der Waals surface area contributed by atoms with Gasteiger partial charge in [-0.25, -0.2) is 0 Å². The van der Waals surface area contributed by atoms with Gasteiger partial charge in [-0.1, -0.05) is 45.7 Å². The van der Waals surface area contributed by atoms with Crippen molar-refractivity contribution in [2.45, 2.75) is 40.0 Å². The Bertz CT molecular complexity index is 270. The van der Waals surface area contributed by atoms with Gasteiger partial charge in [0.2, 0.25) is 0 Å². The molecule has 0 spiro atoms. The summed E-state index contributed by atoms with van der Waals surface area (Å²) in [6.07, 6.45) is 3.61. The number of rotatable bonds is 4. The fraction of sp³-hybridized carbons (Fsp3) is 0.538. The van der Waals surface area contributed by atoms with Crippen molar-refractivity contribution < 1.29 is 0 Å². The number of benzene rings is 1. The number of hydrogen-bond donors (Lipinski definition) is 1. The molecule has 0 aromatic heterocycles. The molecule has 1 nitrogen and oxygen atoms in total. The Morgan fingerprint density at radius 1 is 1.07 bits per heavy atom. The third-order valence-corrected chi connectivity index (χ3v) is 3.32. The van der Waals surface area contributed by atoms with E-state index in [0.29, 0.717) is 5.41 Å². The third kappa shape index (κ3) is 2.76. The second-order valence-corrected chi connectivity index (χ2v) is 4.44. The lowest BCUT2D eigenvalue weighted by atomic mass is 9.79. The van der Waals surface area contributed by atoms with Crippen molar-refractivity contribution >= 4 is 5.69 Å². The highest BCUT2D eigenvalue weighted by Gasteiger charge is 2.19. The zero-order chi connectivity index (χ0) is 10.6. The van der Waals surface area contributed by atoms with Crippen LogP contribution in [0.15, 0.2) is 24.3 Å². The maximum Gasteiger partial charge on any atom is 0.0314 e. The molecule has 0 heterocycles. The van der Waals surface area contributed by atoms with Crippen molar-refractivity contribution in [2.75, 3.05) is 5.73 Å². The number of hydrogen-bond acceptors (Lipinski definition) is 1. The van der Waals surface area contributed by atoms with Gasteiger partial charge in [-0.2, -0.15) is 0 Å². The Kier molecular flexibility index (Phi) is 3.56. The van der Waals surface area contributed by atoms with Gasteiger partial charge < -0.3 is 5.73 Å². The average molecular weight is 191 g/mol. The fourth-order valence-corrected chi connectivity index (χ4v) is 1.63. The first kappa shape index (κ1) is 11.1. The highest BCUT2D eigenvalue weighted by Crippen LogP contribution is 2.30. The van der Waals surface area contributed by atoms with Gasteiger partial charge in [0.1, 0.15) is 0 Å². The molecule has 0 unspecified atom stereocenters. The summed E-state index contributed by atoms with van der Waals surface area (Å²) in [5, 5.41) is 0. The molecule has 0 fully saturated rings. The first-order chi connectivity index (χ1) is 6.59. The normalized spacial score (nSPS) is 11.6. The molecule has 78 valence electrons. The Morgan fingerprint density at radius 3 is 2.00 bits per heavy atom. The lowest BCUT2D eigenvalue weighted by Gasteiger charge is -2.26. The van der Waals surface area contributed by atoms with Crippen LogP contribution in [0.4, 0.5) is 5.69 Å². The molecule has 0 amide bonds. The lowest BCUT2D eigenvalue weighted by Crippen LogP contribution is -2.17. The average Bonchev–Trinajstić information content (AvgIpc) is 2.21. The molecule has 2 N–H and O–H groups in total. The molecule has 0 saturated carbocycles. The minimum Gasteiger partial charge on any atom is -0.399 e. The van der Waals surface area contributed by atoms with Crippen LogP contribution in [0.5, 0.6) is 0 Å². The molecular weight excluding hydrogens is 170 g/mol. The molecular formula is C13H21N. The summed E-state index contributed by atoms with van der Waals surface area (Å²) in [5.41, 5.74) is 8.34. The first-order valence-electron chi connectivity index (χ1n) is 5.44. The van der Waals surface area contributed by atoms with Gasteiger partial charge in [0.15, 0.2) is 0 Å². The maximum atomic E-state index is 5.66. The highest BCUT2D eigenvalue weighted by molar-refractivity contribution is 5.39. The molecule has 0 atom stereocenters. The van der Waals surface area contributed by atoms with E-state index in [2.05, 4.69) is 32.9 Å². The van der Waals surface area contributed by atoms with Crippen molar-refractivity contribution in [1.82, 2.24) is 0 Å². The minimum atomic E-state index is 0.441. The van der Waals surface area contributed by atoms with Gasteiger partial charge in [-0.3, -0.25) is 0 Å². The van der Waals surface area contributed by atoms with Gasteiger partial charge in [0, 0.05) is 5.69 Å². The molecule has 0 bridgehead atoms. The molecule has 0 radical (unpaired) electrons. The standard InChI is InChI=1S/C13H21N/c1-4-13(3,5-2)10-11-6-8-12(14)9-7-11/h6-9H,4-5,10,14H2,1-3H3. The largest absolute Gasteiger partial charge is 0.399 e. The van der Waals surface area contributed by atoms with E-state index in [0.717, 1.165) is 12.1 Å². The summed E-state index contributed by atoms with van der Waals surface area (Å²) in [6.45, 7) is 6.88. The van der Waals surface area contributed by atoms with E-state index < -0.39 is 0 Å². The van der Waals surface area contributed by atoms with E-state index in [9.17, 15) is 0 Å². The van der Waals surface area contributed by atoms with E-state index in [1.807, 2.05) is 12.1 Å². The second-order valence-electron chi connectivity index (χ2n) is 4.44. The SMILES string of the molecule is CCC(C)(CC)Cc1ccc(N)cc1. The van der Waals surface area contributed by atoms with Crippen LogP contribution in [0, 0.1) is 5.41 Å². The smallest absolute Gasteiger partial charge is 0.0314 e. The Balaban J connectivity index is 2.72. The first-order valence-corrected chi connectivity index (χ1v) is 5.44. The molecule has 0 aliphatic carbocycles. The van der Waals surface area contributed by atoms with Gasteiger partial charge in [0.05, 0.1) is 0 Å². The number of anilines is 1. The van der Waals surface area contributed by atoms with Crippen LogP contribution in [0.1, 0.15) is 39.2 Å². The van der Waals surface area contributed by atoms with Crippen LogP contribution in [0.2, 0.25) is 0 Å². The quantitative estimate of drug-likeness (QED) is 0.722. The summed E-state index contributed by atoms with van der Waals surface area (Å²) in [7, 11) is 0. The van der Waals surface area contributed by atoms with Crippen LogP contribution >= 0.6 is 0 Å². The molecule has 0 saturated heterocycles. The zero-order valence-corrected chi connectivity index (χ0v) is 9.51. The maximum absolute atomic E-state index is 5.66. The second kappa shape index (κ2) is 4.50. The molecule has 1 aromatic carbocycles. The molecule has 0 aliphatic rings. The minimum absolute atomic E-state index is 0.441. The summed E-state index contributed by atoms with van der Waals surface area (Å²) >= 11 is 0. The van der Waals surface area contributed by atoms with E-state index in [1.54, 1.807) is 0 Å². The summed E-state index contributed by atoms with van der Waals surface area (Å²) in [5.74, 6) is 0. The molecule has 1 aromatic rings. The van der Waals surface area contributed by atoms with Gasteiger partial charge >= 0.3 is 0 Å². The highest BCUT2D eigenvalue weighted by atomic mass is 14.5. The van der Waals surface area contributed by atoms with Crippen LogP contribution in [-0.4, -0.2) is 0 Å². The van der Waals surface area contributed by atoms with Crippen molar-refractivity contribution in [3.63, 3.8) is 0 Å². The number of nitrogens with two attached hydrogens (primary N) is 1. The topological polar surface area (TPSA) is 26.0 Å². The summed E-state index contributed by atoms with van der Waals surface area (Å²) < 4.78 is 0. The zero-order valence-electron chi connectivity index (χ0n) is 9.51. The van der Waals surface area contributed by atoms with E-state index in [4.69, 9.17) is 5.73 Å². The predicted molar refractivity (Wildman–Crippen MR) is 63.2 cm³/mol. The Morgan fingerprint density at radius 2 is 1.57 bits per heavy atom. The van der Waals surface area contributed by atoms with Crippen LogP contribution in [0.3, 0.4) is 0 Å². The lowest BCUT2D eigenvalue weighted by molar-refractivity contribution is 0.296.